The molecule has 0 aliphatic rings. The number of hydrogen-bond acceptors (Lipinski definition) is 5. The van der Waals surface area contributed by atoms with E-state index in [2.05, 4.69) is 10.5 Å². The SMILES string of the molecule is COc1ccc(C(=O)CCC(=O)NCCc2cc(C)on2)cc1. The van der Waals surface area contributed by atoms with Gasteiger partial charge in [-0.25, -0.2) is 0 Å². The van der Waals surface area contributed by atoms with Gasteiger partial charge in [0.05, 0.1) is 12.8 Å². The van der Waals surface area contributed by atoms with Crippen LogP contribution in [0.25, 0.3) is 0 Å². The van der Waals surface area contributed by atoms with Crippen molar-refractivity contribution in [2.24, 2.45) is 0 Å². The van der Waals surface area contributed by atoms with Gasteiger partial charge in [-0.2, -0.15) is 0 Å². The highest BCUT2D eigenvalue weighted by Gasteiger charge is 2.09. The van der Waals surface area contributed by atoms with Gasteiger partial charge in [0.2, 0.25) is 5.91 Å². The summed E-state index contributed by atoms with van der Waals surface area (Å²) >= 11 is 0. The van der Waals surface area contributed by atoms with Crippen molar-refractivity contribution in [1.82, 2.24) is 10.5 Å². The Kier molecular flexibility index (Phi) is 5.91. The van der Waals surface area contributed by atoms with Crippen molar-refractivity contribution in [3.63, 3.8) is 0 Å². The van der Waals surface area contributed by atoms with E-state index in [4.69, 9.17) is 9.26 Å². The van der Waals surface area contributed by atoms with Crippen molar-refractivity contribution >= 4 is 11.7 Å². The third kappa shape index (κ3) is 5.25. The van der Waals surface area contributed by atoms with Crippen molar-refractivity contribution in [2.45, 2.75) is 26.2 Å². The first-order valence-electron chi connectivity index (χ1n) is 7.44. The van der Waals surface area contributed by atoms with E-state index in [1.54, 1.807) is 31.4 Å². The number of nitrogens with zero attached hydrogens (tertiary/aromatic N) is 1. The van der Waals surface area contributed by atoms with Gasteiger partial charge < -0.3 is 14.6 Å². The molecule has 1 N–H and O–H groups in total. The largest absolute Gasteiger partial charge is 0.497 e. The molecule has 6 heteroatoms. The number of methoxy groups -OCH3 is 1. The number of aryl methyl sites for hydroxylation is 1. The number of rotatable bonds is 8. The van der Waals surface area contributed by atoms with Gasteiger partial charge >= 0.3 is 0 Å². The topological polar surface area (TPSA) is 81.4 Å². The molecule has 1 aromatic heterocycles. The minimum absolute atomic E-state index is 0.0603. The van der Waals surface area contributed by atoms with Crippen LogP contribution in [0.2, 0.25) is 0 Å². The van der Waals surface area contributed by atoms with Gasteiger partial charge in [-0.05, 0) is 31.2 Å². The van der Waals surface area contributed by atoms with Crippen LogP contribution in [0.1, 0.15) is 34.7 Å². The molecule has 0 spiro atoms. The monoisotopic (exact) mass is 316 g/mol. The molecule has 23 heavy (non-hydrogen) atoms. The first kappa shape index (κ1) is 16.7. The molecule has 0 radical (unpaired) electrons. The Bertz CT molecular complexity index is 661. The molecule has 0 saturated heterocycles. The van der Waals surface area contributed by atoms with Crippen LogP contribution in [0.15, 0.2) is 34.9 Å². The molecule has 0 aliphatic carbocycles. The number of benzene rings is 1. The zero-order chi connectivity index (χ0) is 16.7. The Hall–Kier alpha value is -2.63. The molecular weight excluding hydrogens is 296 g/mol. The molecule has 0 unspecified atom stereocenters. The predicted molar refractivity (Wildman–Crippen MR) is 84.5 cm³/mol. The van der Waals surface area contributed by atoms with Gasteiger partial charge in [0.25, 0.3) is 0 Å². The van der Waals surface area contributed by atoms with E-state index in [1.807, 2.05) is 13.0 Å². The van der Waals surface area contributed by atoms with Crippen molar-refractivity contribution < 1.29 is 18.8 Å². The Balaban J connectivity index is 1.69. The minimum atomic E-state index is -0.146. The van der Waals surface area contributed by atoms with Gasteiger partial charge in [-0.1, -0.05) is 5.16 Å². The fourth-order valence-electron chi connectivity index (χ4n) is 2.10. The average molecular weight is 316 g/mol. The molecule has 122 valence electrons. The minimum Gasteiger partial charge on any atom is -0.497 e. The molecule has 0 saturated carbocycles. The zero-order valence-corrected chi connectivity index (χ0v) is 13.3. The molecule has 0 atom stereocenters. The average Bonchev–Trinajstić information content (AvgIpc) is 2.98. The smallest absolute Gasteiger partial charge is 0.220 e. The summed E-state index contributed by atoms with van der Waals surface area (Å²) in [7, 11) is 1.57. The highest BCUT2D eigenvalue weighted by Crippen LogP contribution is 2.13. The zero-order valence-electron chi connectivity index (χ0n) is 13.3. The maximum atomic E-state index is 12.0. The Morgan fingerprint density at radius 2 is 1.96 bits per heavy atom. The number of ketones is 1. The van der Waals surface area contributed by atoms with Crippen molar-refractivity contribution in [3.05, 3.63) is 47.3 Å². The number of hydrogen-bond donors (Lipinski definition) is 1. The lowest BCUT2D eigenvalue weighted by atomic mass is 10.1. The second-order valence-corrected chi connectivity index (χ2v) is 5.18. The Morgan fingerprint density at radius 3 is 2.57 bits per heavy atom. The van der Waals surface area contributed by atoms with Crippen LogP contribution >= 0.6 is 0 Å². The number of carbonyl (C=O) groups excluding carboxylic acids is 2. The Labute approximate surface area is 134 Å². The number of Topliss-reactive ketones (excluding diaryl/α,β-unsaturated/α-hetero) is 1. The van der Waals surface area contributed by atoms with Crippen molar-refractivity contribution in [1.29, 1.82) is 0 Å². The van der Waals surface area contributed by atoms with E-state index >= 15 is 0 Å². The molecule has 0 bridgehead atoms. The standard InChI is InChI=1S/C17H20N2O4/c1-12-11-14(19-23-12)9-10-18-17(21)8-7-16(20)13-3-5-15(22-2)6-4-13/h3-6,11H,7-10H2,1-2H3,(H,18,21). The lowest BCUT2D eigenvalue weighted by molar-refractivity contribution is -0.121. The third-order valence-corrected chi connectivity index (χ3v) is 3.37. The number of amides is 1. The summed E-state index contributed by atoms with van der Waals surface area (Å²) < 4.78 is 9.99. The van der Waals surface area contributed by atoms with E-state index in [9.17, 15) is 9.59 Å². The lowest BCUT2D eigenvalue weighted by Crippen LogP contribution is -2.26. The van der Waals surface area contributed by atoms with E-state index in [0.717, 1.165) is 11.5 Å². The summed E-state index contributed by atoms with van der Waals surface area (Å²) in [6.45, 7) is 2.29. The maximum Gasteiger partial charge on any atom is 0.220 e. The number of ether oxygens (including phenoxy) is 1. The fourth-order valence-corrected chi connectivity index (χ4v) is 2.10. The van der Waals surface area contributed by atoms with E-state index in [0.29, 0.717) is 24.3 Å². The molecule has 6 nitrogen and oxygen atoms in total. The fraction of sp³-hybridized carbons (Fsp3) is 0.353. The molecular formula is C17H20N2O4. The van der Waals surface area contributed by atoms with Crippen molar-refractivity contribution in [2.75, 3.05) is 13.7 Å². The van der Waals surface area contributed by atoms with Gasteiger partial charge in [0.1, 0.15) is 11.5 Å². The maximum absolute atomic E-state index is 12.0. The van der Waals surface area contributed by atoms with Crippen LogP contribution in [-0.2, 0) is 11.2 Å². The number of carbonyl (C=O) groups is 2. The van der Waals surface area contributed by atoms with Gasteiger partial charge in [-0.15, -0.1) is 0 Å². The Morgan fingerprint density at radius 1 is 1.22 bits per heavy atom. The summed E-state index contributed by atoms with van der Waals surface area (Å²) in [5.41, 5.74) is 1.38. The van der Waals surface area contributed by atoms with Gasteiger partial charge in [0.15, 0.2) is 5.78 Å². The van der Waals surface area contributed by atoms with E-state index in [1.165, 1.54) is 0 Å². The predicted octanol–water partition coefficient (Wildman–Crippen LogP) is 2.31. The third-order valence-electron chi connectivity index (χ3n) is 3.37. The molecule has 1 amide bonds. The second kappa shape index (κ2) is 8.12. The van der Waals surface area contributed by atoms with Crippen LogP contribution in [0, 0.1) is 6.92 Å². The highest BCUT2D eigenvalue weighted by atomic mass is 16.5. The van der Waals surface area contributed by atoms with Crippen molar-refractivity contribution in [3.8, 4) is 5.75 Å². The van der Waals surface area contributed by atoms with E-state index in [-0.39, 0.29) is 24.5 Å². The normalized spacial score (nSPS) is 10.3. The van der Waals surface area contributed by atoms with Gasteiger partial charge in [-0.3, -0.25) is 9.59 Å². The van der Waals surface area contributed by atoms with Crippen LogP contribution < -0.4 is 10.1 Å². The number of aromatic nitrogens is 1. The summed E-state index contributed by atoms with van der Waals surface area (Å²) in [4.78, 5) is 23.8. The van der Waals surface area contributed by atoms with Gasteiger partial charge in [0, 0.05) is 37.4 Å². The second-order valence-electron chi connectivity index (χ2n) is 5.18. The first-order chi connectivity index (χ1) is 11.1. The van der Waals surface area contributed by atoms with Crippen LogP contribution in [0.5, 0.6) is 5.75 Å². The molecule has 0 fully saturated rings. The summed E-state index contributed by atoms with van der Waals surface area (Å²) in [6, 6.07) is 8.69. The molecule has 2 rings (SSSR count). The number of nitrogens with one attached hydrogen (secondary N) is 1. The molecule has 1 heterocycles. The summed E-state index contributed by atoms with van der Waals surface area (Å²) in [5.74, 6) is 1.24. The highest BCUT2D eigenvalue weighted by molar-refractivity contribution is 5.98. The quantitative estimate of drug-likeness (QED) is 0.756. The molecule has 1 aromatic carbocycles. The molecule has 2 aromatic rings. The summed E-state index contributed by atoms with van der Waals surface area (Å²) in [6.07, 6.45) is 0.958. The molecule has 0 aliphatic heterocycles. The lowest BCUT2D eigenvalue weighted by Gasteiger charge is -2.05. The van der Waals surface area contributed by atoms with Crippen LogP contribution in [-0.4, -0.2) is 30.5 Å². The first-order valence-corrected chi connectivity index (χ1v) is 7.44. The summed E-state index contributed by atoms with van der Waals surface area (Å²) in [5, 5.41) is 6.62. The van der Waals surface area contributed by atoms with Crippen LogP contribution in [0.3, 0.4) is 0 Å². The van der Waals surface area contributed by atoms with E-state index < -0.39 is 0 Å². The van der Waals surface area contributed by atoms with Crippen LogP contribution in [0.4, 0.5) is 0 Å².